The van der Waals surface area contributed by atoms with Gasteiger partial charge in [0.25, 0.3) is 0 Å². The summed E-state index contributed by atoms with van der Waals surface area (Å²) < 4.78 is 12.3. The Kier molecular flexibility index (Phi) is 4.05. The molecular weight excluding hydrogens is 336 g/mol. The van der Waals surface area contributed by atoms with E-state index in [0.717, 1.165) is 12.0 Å². The van der Waals surface area contributed by atoms with Gasteiger partial charge in [-0.25, -0.2) is 0 Å². The zero-order valence-corrected chi connectivity index (χ0v) is 15.5. The highest BCUT2D eigenvalue weighted by Crippen LogP contribution is 2.45. The lowest BCUT2D eigenvalue weighted by molar-refractivity contribution is -0.295. The molecule has 2 aliphatic rings. The first-order valence-electron chi connectivity index (χ1n) is 9.71. The molecule has 0 aromatic heterocycles. The van der Waals surface area contributed by atoms with E-state index < -0.39 is 5.79 Å². The van der Waals surface area contributed by atoms with Crippen molar-refractivity contribution in [3.8, 4) is 0 Å². The molecule has 27 heavy (non-hydrogen) atoms. The van der Waals surface area contributed by atoms with Gasteiger partial charge in [-0.05, 0) is 53.3 Å². The van der Waals surface area contributed by atoms with Gasteiger partial charge >= 0.3 is 0 Å². The van der Waals surface area contributed by atoms with Crippen molar-refractivity contribution >= 4 is 10.8 Å². The Morgan fingerprint density at radius 3 is 2.63 bits per heavy atom. The standard InChI is InChI=1S/C24H24O3/c1-16-10-22(25)14-24(27-16)23-13-18(7-9-21(23)15-26-24)11-17-6-8-19-4-2-3-5-20(19)12-17/h2-9,12-13,16,22,25H,10-11,14-15H2,1H3/t16?,22?,24-/m1/s1. The van der Waals surface area contributed by atoms with Crippen LogP contribution in [0.5, 0.6) is 0 Å². The number of ether oxygens (including phenoxy) is 2. The largest absolute Gasteiger partial charge is 0.393 e. The summed E-state index contributed by atoms with van der Waals surface area (Å²) >= 11 is 0. The van der Waals surface area contributed by atoms with E-state index in [2.05, 4.69) is 60.7 Å². The van der Waals surface area contributed by atoms with Crippen molar-refractivity contribution < 1.29 is 14.6 Å². The molecule has 3 heteroatoms. The Hall–Kier alpha value is -2.20. The van der Waals surface area contributed by atoms with Gasteiger partial charge in [0.05, 0.1) is 18.8 Å². The lowest BCUT2D eigenvalue weighted by Crippen LogP contribution is -2.43. The zero-order valence-electron chi connectivity index (χ0n) is 15.5. The molecule has 0 amide bonds. The third kappa shape index (κ3) is 3.06. The second kappa shape index (κ2) is 6.45. The lowest BCUT2D eigenvalue weighted by atomic mass is 9.90. The molecule has 3 atom stereocenters. The molecule has 5 rings (SSSR count). The number of fused-ring (bicyclic) bond motifs is 3. The van der Waals surface area contributed by atoms with Crippen LogP contribution in [0.15, 0.2) is 60.7 Å². The van der Waals surface area contributed by atoms with Gasteiger partial charge in [-0.3, -0.25) is 0 Å². The first kappa shape index (κ1) is 16.9. The van der Waals surface area contributed by atoms with Gasteiger partial charge in [-0.2, -0.15) is 0 Å². The van der Waals surface area contributed by atoms with E-state index in [1.54, 1.807) is 0 Å². The van der Waals surface area contributed by atoms with Crippen LogP contribution in [0, 0.1) is 0 Å². The van der Waals surface area contributed by atoms with Gasteiger partial charge in [-0.15, -0.1) is 0 Å². The first-order chi connectivity index (χ1) is 13.1. The summed E-state index contributed by atoms with van der Waals surface area (Å²) in [6.45, 7) is 2.55. The van der Waals surface area contributed by atoms with Gasteiger partial charge in [0.15, 0.2) is 5.79 Å². The minimum Gasteiger partial charge on any atom is -0.393 e. The van der Waals surface area contributed by atoms with Gasteiger partial charge in [-0.1, -0.05) is 54.6 Å². The summed E-state index contributed by atoms with van der Waals surface area (Å²) in [5, 5.41) is 12.8. The lowest BCUT2D eigenvalue weighted by Gasteiger charge is -2.39. The van der Waals surface area contributed by atoms with E-state index in [0.29, 0.717) is 19.4 Å². The number of hydrogen-bond donors (Lipinski definition) is 1. The van der Waals surface area contributed by atoms with Gasteiger partial charge in [0.1, 0.15) is 0 Å². The van der Waals surface area contributed by atoms with Crippen LogP contribution in [0.1, 0.15) is 42.0 Å². The summed E-state index contributed by atoms with van der Waals surface area (Å²) in [5.74, 6) is -0.786. The minimum atomic E-state index is -0.786. The highest BCUT2D eigenvalue weighted by Gasteiger charge is 2.47. The van der Waals surface area contributed by atoms with Gasteiger partial charge < -0.3 is 14.6 Å². The maximum absolute atomic E-state index is 10.3. The van der Waals surface area contributed by atoms with Crippen LogP contribution < -0.4 is 0 Å². The molecular formula is C24H24O3. The number of aliphatic hydroxyl groups is 1. The van der Waals surface area contributed by atoms with E-state index in [-0.39, 0.29) is 12.2 Å². The highest BCUT2D eigenvalue weighted by atomic mass is 16.7. The van der Waals surface area contributed by atoms with E-state index in [1.807, 2.05) is 6.92 Å². The Morgan fingerprint density at radius 2 is 1.78 bits per heavy atom. The fourth-order valence-electron chi connectivity index (χ4n) is 4.53. The average molecular weight is 360 g/mol. The summed E-state index contributed by atoms with van der Waals surface area (Å²) in [5.41, 5.74) is 4.79. The fourth-order valence-corrected chi connectivity index (χ4v) is 4.53. The third-order valence-corrected chi connectivity index (χ3v) is 5.77. The molecule has 0 aliphatic carbocycles. The van der Waals surface area contributed by atoms with Crippen molar-refractivity contribution in [2.24, 2.45) is 0 Å². The molecule has 0 radical (unpaired) electrons. The Balaban J connectivity index is 1.47. The van der Waals surface area contributed by atoms with E-state index in [4.69, 9.17) is 9.47 Å². The predicted octanol–water partition coefficient (Wildman–Crippen LogP) is 4.67. The normalized spacial score (nSPS) is 27.2. The van der Waals surface area contributed by atoms with Crippen LogP contribution in [0.3, 0.4) is 0 Å². The van der Waals surface area contributed by atoms with Crippen LogP contribution in [0.4, 0.5) is 0 Å². The maximum Gasteiger partial charge on any atom is 0.198 e. The van der Waals surface area contributed by atoms with Crippen LogP contribution in [-0.2, 0) is 28.3 Å². The summed E-state index contributed by atoms with van der Waals surface area (Å²) in [4.78, 5) is 0. The number of aliphatic hydroxyl groups excluding tert-OH is 1. The van der Waals surface area contributed by atoms with Gasteiger partial charge in [0, 0.05) is 12.0 Å². The molecule has 2 aliphatic heterocycles. The molecule has 3 aromatic rings. The number of benzene rings is 3. The Labute approximate surface area is 159 Å². The Morgan fingerprint density at radius 1 is 1.00 bits per heavy atom. The number of rotatable bonds is 2. The second-order valence-electron chi connectivity index (χ2n) is 7.91. The van der Waals surface area contributed by atoms with E-state index >= 15 is 0 Å². The Bertz CT molecular complexity index is 984. The summed E-state index contributed by atoms with van der Waals surface area (Å²) in [6.07, 6.45) is 1.64. The summed E-state index contributed by atoms with van der Waals surface area (Å²) in [7, 11) is 0. The molecule has 3 aromatic carbocycles. The minimum absolute atomic E-state index is 0.0103. The van der Waals surface area contributed by atoms with Crippen molar-refractivity contribution in [1.82, 2.24) is 0 Å². The fraction of sp³-hybridized carbons (Fsp3) is 0.333. The van der Waals surface area contributed by atoms with Crippen LogP contribution in [-0.4, -0.2) is 17.3 Å². The van der Waals surface area contributed by atoms with E-state index in [1.165, 1.54) is 27.5 Å². The molecule has 1 N–H and O–H groups in total. The van der Waals surface area contributed by atoms with Crippen molar-refractivity contribution in [3.05, 3.63) is 82.9 Å². The van der Waals surface area contributed by atoms with Crippen molar-refractivity contribution in [2.45, 2.75) is 50.8 Å². The highest BCUT2D eigenvalue weighted by molar-refractivity contribution is 5.83. The molecule has 2 heterocycles. The smallest absolute Gasteiger partial charge is 0.198 e. The SMILES string of the molecule is CC1CC(O)C[C@@]2(OCc3ccc(Cc4ccc5ccccc5c4)cc32)O1. The van der Waals surface area contributed by atoms with Crippen LogP contribution in [0.2, 0.25) is 0 Å². The topological polar surface area (TPSA) is 38.7 Å². The quantitative estimate of drug-likeness (QED) is 0.721. The predicted molar refractivity (Wildman–Crippen MR) is 105 cm³/mol. The van der Waals surface area contributed by atoms with Crippen LogP contribution >= 0.6 is 0 Å². The van der Waals surface area contributed by atoms with Crippen molar-refractivity contribution in [1.29, 1.82) is 0 Å². The van der Waals surface area contributed by atoms with Crippen LogP contribution in [0.25, 0.3) is 10.8 Å². The van der Waals surface area contributed by atoms with Crippen molar-refractivity contribution in [3.63, 3.8) is 0 Å². The zero-order chi connectivity index (χ0) is 18.4. The van der Waals surface area contributed by atoms with Crippen molar-refractivity contribution in [2.75, 3.05) is 0 Å². The maximum atomic E-state index is 10.3. The van der Waals surface area contributed by atoms with Gasteiger partial charge in [0.2, 0.25) is 0 Å². The molecule has 0 saturated carbocycles. The second-order valence-corrected chi connectivity index (χ2v) is 7.91. The third-order valence-electron chi connectivity index (χ3n) is 5.77. The summed E-state index contributed by atoms with van der Waals surface area (Å²) in [6, 6.07) is 21.6. The molecule has 2 unspecified atom stereocenters. The average Bonchev–Trinajstić information content (AvgIpc) is 2.98. The molecule has 138 valence electrons. The molecule has 1 spiro atoms. The first-order valence-corrected chi connectivity index (χ1v) is 9.71. The monoisotopic (exact) mass is 360 g/mol. The molecule has 1 fully saturated rings. The molecule has 0 bridgehead atoms. The number of hydrogen-bond acceptors (Lipinski definition) is 3. The molecule has 3 nitrogen and oxygen atoms in total. The van der Waals surface area contributed by atoms with E-state index in [9.17, 15) is 5.11 Å². The molecule has 1 saturated heterocycles.